The lowest BCUT2D eigenvalue weighted by Crippen LogP contribution is -2.53. The lowest BCUT2D eigenvalue weighted by molar-refractivity contribution is -0.149. The van der Waals surface area contributed by atoms with Gasteiger partial charge in [0.1, 0.15) is 6.10 Å². The number of anilines is 1. The first-order valence-corrected chi connectivity index (χ1v) is 12.7. The van der Waals surface area contributed by atoms with Crippen molar-refractivity contribution in [2.45, 2.75) is 31.4 Å². The molecule has 1 saturated carbocycles. The third-order valence-corrected chi connectivity index (χ3v) is 7.23. The van der Waals surface area contributed by atoms with Gasteiger partial charge in [-0.05, 0) is 37.0 Å². The average molecular weight is 511 g/mol. The molecule has 2 aliphatic rings. The molecule has 2 aromatic carbocycles. The number of hydroxylamine groups is 1. The van der Waals surface area contributed by atoms with Gasteiger partial charge in [0.15, 0.2) is 0 Å². The summed E-state index contributed by atoms with van der Waals surface area (Å²) in [4.78, 5) is 42.4. The van der Waals surface area contributed by atoms with E-state index >= 15 is 0 Å². The quantitative estimate of drug-likeness (QED) is 0.331. The van der Waals surface area contributed by atoms with E-state index in [1.165, 1.54) is 0 Å². The van der Waals surface area contributed by atoms with Gasteiger partial charge < -0.3 is 25.0 Å². The van der Waals surface area contributed by atoms with Gasteiger partial charge in [0, 0.05) is 31.9 Å². The van der Waals surface area contributed by atoms with Crippen molar-refractivity contribution in [3.05, 3.63) is 66.2 Å². The number of aliphatic hydroxyl groups is 1. The molecule has 10 nitrogen and oxygen atoms in total. The minimum Gasteiger partial charge on any atom is -0.446 e. The number of piperazine rings is 1. The van der Waals surface area contributed by atoms with Gasteiger partial charge in [-0.2, -0.15) is 0 Å². The molecule has 4 atom stereocenters. The normalized spacial score (nSPS) is 22.6. The van der Waals surface area contributed by atoms with Crippen molar-refractivity contribution >= 4 is 23.6 Å². The highest BCUT2D eigenvalue weighted by Gasteiger charge is 2.42. The van der Waals surface area contributed by atoms with Gasteiger partial charge in [0.25, 0.3) is 0 Å². The molecule has 1 aliphatic carbocycles. The van der Waals surface area contributed by atoms with E-state index in [2.05, 4.69) is 10.2 Å². The first kappa shape index (κ1) is 26.4. The number of para-hydroxylation sites is 1. The Kier molecular flexibility index (Phi) is 8.97. The van der Waals surface area contributed by atoms with Gasteiger partial charge in [0.05, 0.1) is 24.5 Å². The van der Waals surface area contributed by atoms with Crippen molar-refractivity contribution in [3.8, 4) is 0 Å². The number of benzene rings is 2. The first-order chi connectivity index (χ1) is 18.0. The van der Waals surface area contributed by atoms with Crippen molar-refractivity contribution in [2.75, 3.05) is 37.7 Å². The largest absolute Gasteiger partial charge is 0.446 e. The number of ether oxygens (including phenoxy) is 1. The molecule has 0 radical (unpaired) electrons. The summed E-state index contributed by atoms with van der Waals surface area (Å²) in [5, 5.41) is 21.7. The third kappa shape index (κ3) is 6.58. The maximum Gasteiger partial charge on any atom is 0.407 e. The molecule has 4 rings (SSSR count). The Labute approximate surface area is 216 Å². The predicted molar refractivity (Wildman–Crippen MR) is 136 cm³/mol. The number of nitrogens with zero attached hydrogens (tertiary/aromatic N) is 2. The molecule has 37 heavy (non-hydrogen) atoms. The van der Waals surface area contributed by atoms with Gasteiger partial charge >= 0.3 is 6.09 Å². The topological polar surface area (TPSA) is 131 Å². The highest BCUT2D eigenvalue weighted by molar-refractivity contribution is 5.87. The molecular formula is C27H34N4O6. The number of carbonyl (C=O) groups is 3. The molecule has 10 heteroatoms. The number of rotatable bonds is 7. The molecule has 0 aromatic heterocycles. The zero-order valence-corrected chi connectivity index (χ0v) is 20.7. The Bertz CT molecular complexity index is 1050. The van der Waals surface area contributed by atoms with Crippen LogP contribution in [-0.4, -0.2) is 72.0 Å². The molecule has 2 aromatic rings. The lowest BCUT2D eigenvalue weighted by Gasteiger charge is -2.40. The number of hydrogen-bond acceptors (Lipinski definition) is 7. The van der Waals surface area contributed by atoms with Crippen LogP contribution in [0, 0.1) is 11.8 Å². The second-order valence-electron chi connectivity index (χ2n) is 9.47. The zero-order valence-electron chi connectivity index (χ0n) is 20.7. The molecule has 2 fully saturated rings. The maximum absolute atomic E-state index is 13.4. The van der Waals surface area contributed by atoms with E-state index in [0.717, 1.165) is 11.3 Å². The SMILES string of the molecule is O=C(N[C@@H](CO)c1ccccc1)O[C@@H]1CC[C@H](C(=O)N2CCN(c3ccccc3)CC2)[C@@H](C(=O)NO)C1. The second-order valence-corrected chi connectivity index (χ2v) is 9.47. The molecule has 0 spiro atoms. The molecule has 1 aliphatic heterocycles. The Morgan fingerprint density at radius 3 is 2.19 bits per heavy atom. The summed E-state index contributed by atoms with van der Waals surface area (Å²) in [7, 11) is 0. The summed E-state index contributed by atoms with van der Waals surface area (Å²) in [6.07, 6.45) is -0.419. The van der Waals surface area contributed by atoms with Crippen LogP contribution in [0.2, 0.25) is 0 Å². The highest BCUT2D eigenvalue weighted by atomic mass is 16.6. The molecule has 4 N–H and O–H groups in total. The number of aliphatic hydroxyl groups excluding tert-OH is 1. The number of carbonyl (C=O) groups excluding carboxylic acids is 3. The van der Waals surface area contributed by atoms with Crippen molar-refractivity contribution in [2.24, 2.45) is 11.8 Å². The minimum absolute atomic E-state index is 0.117. The zero-order chi connectivity index (χ0) is 26.2. The summed E-state index contributed by atoms with van der Waals surface area (Å²) < 4.78 is 5.55. The van der Waals surface area contributed by atoms with Crippen molar-refractivity contribution < 1.29 is 29.4 Å². The van der Waals surface area contributed by atoms with Crippen LogP contribution in [0.4, 0.5) is 10.5 Å². The van der Waals surface area contributed by atoms with E-state index in [-0.39, 0.29) is 18.9 Å². The van der Waals surface area contributed by atoms with Crippen LogP contribution in [0.25, 0.3) is 0 Å². The van der Waals surface area contributed by atoms with Crippen LogP contribution in [0.3, 0.4) is 0 Å². The fraction of sp³-hybridized carbons (Fsp3) is 0.444. The van der Waals surface area contributed by atoms with Crippen molar-refractivity contribution in [3.63, 3.8) is 0 Å². The van der Waals surface area contributed by atoms with Crippen LogP contribution in [-0.2, 0) is 14.3 Å². The summed E-state index contributed by atoms with van der Waals surface area (Å²) in [6, 6.07) is 18.4. The van der Waals surface area contributed by atoms with E-state index < -0.39 is 36.0 Å². The van der Waals surface area contributed by atoms with E-state index in [0.29, 0.717) is 39.0 Å². The number of amides is 3. The first-order valence-electron chi connectivity index (χ1n) is 12.7. The second kappa shape index (κ2) is 12.6. The number of alkyl carbamates (subject to hydrolysis) is 1. The fourth-order valence-corrected chi connectivity index (χ4v) is 5.21. The minimum atomic E-state index is -0.820. The lowest BCUT2D eigenvalue weighted by atomic mass is 9.76. The van der Waals surface area contributed by atoms with Crippen LogP contribution in [0.15, 0.2) is 60.7 Å². The molecule has 0 unspecified atom stereocenters. The number of hydrogen-bond donors (Lipinski definition) is 4. The van der Waals surface area contributed by atoms with Crippen LogP contribution in [0.1, 0.15) is 30.9 Å². The Morgan fingerprint density at radius 1 is 0.919 bits per heavy atom. The van der Waals surface area contributed by atoms with Gasteiger partial charge in [0.2, 0.25) is 11.8 Å². The monoisotopic (exact) mass is 510 g/mol. The van der Waals surface area contributed by atoms with Gasteiger partial charge in [-0.1, -0.05) is 48.5 Å². The number of nitrogens with one attached hydrogen (secondary N) is 2. The smallest absolute Gasteiger partial charge is 0.407 e. The van der Waals surface area contributed by atoms with Crippen LogP contribution in [0.5, 0.6) is 0 Å². The summed E-state index contributed by atoms with van der Waals surface area (Å²) in [6.45, 7) is 2.18. The van der Waals surface area contributed by atoms with E-state index in [9.17, 15) is 24.7 Å². The molecule has 0 bridgehead atoms. The van der Waals surface area contributed by atoms with Crippen LogP contribution >= 0.6 is 0 Å². The van der Waals surface area contributed by atoms with Gasteiger partial charge in [-0.25, -0.2) is 10.3 Å². The van der Waals surface area contributed by atoms with Crippen molar-refractivity contribution in [1.82, 2.24) is 15.7 Å². The summed E-state index contributed by atoms with van der Waals surface area (Å²) >= 11 is 0. The Morgan fingerprint density at radius 2 is 1.57 bits per heavy atom. The summed E-state index contributed by atoms with van der Waals surface area (Å²) in [5.41, 5.74) is 3.53. The molecule has 3 amide bonds. The molecule has 1 saturated heterocycles. The average Bonchev–Trinajstić information content (AvgIpc) is 2.96. The van der Waals surface area contributed by atoms with Crippen LogP contribution < -0.4 is 15.7 Å². The van der Waals surface area contributed by atoms with Gasteiger partial charge in [-0.15, -0.1) is 0 Å². The molecule has 198 valence electrons. The Hall–Kier alpha value is -3.63. The predicted octanol–water partition coefficient (Wildman–Crippen LogP) is 2.09. The van der Waals surface area contributed by atoms with Crippen molar-refractivity contribution in [1.29, 1.82) is 0 Å². The van der Waals surface area contributed by atoms with E-state index in [1.807, 2.05) is 48.5 Å². The summed E-state index contributed by atoms with van der Waals surface area (Å²) in [5.74, 6) is -2.20. The molecular weight excluding hydrogens is 476 g/mol. The maximum atomic E-state index is 13.4. The van der Waals surface area contributed by atoms with Gasteiger partial charge in [-0.3, -0.25) is 14.8 Å². The third-order valence-electron chi connectivity index (χ3n) is 7.23. The standard InChI is InChI=1S/C27H34N4O6/c32-18-24(19-7-3-1-4-8-19)28-27(35)37-21-11-12-22(23(17-21)25(33)29-36)26(34)31-15-13-30(14-16-31)20-9-5-2-6-10-20/h1-10,21-24,32,36H,11-18H2,(H,28,35)(H,29,33)/t21-,22+,23+,24+/m1/s1. The molecule has 1 heterocycles. The van der Waals surface area contributed by atoms with E-state index in [4.69, 9.17) is 4.74 Å². The Balaban J connectivity index is 1.33. The fourth-order valence-electron chi connectivity index (χ4n) is 5.21. The van der Waals surface area contributed by atoms with E-state index in [1.54, 1.807) is 22.5 Å². The highest BCUT2D eigenvalue weighted by Crippen LogP contribution is 2.34.